The first-order valence-corrected chi connectivity index (χ1v) is 10.3. The van der Waals surface area contributed by atoms with E-state index in [-0.39, 0.29) is 17.9 Å². The molecule has 3 N–H and O–H groups in total. The molecule has 1 fully saturated rings. The van der Waals surface area contributed by atoms with Crippen molar-refractivity contribution in [3.63, 3.8) is 0 Å². The zero-order chi connectivity index (χ0) is 21.7. The molecule has 1 heterocycles. The zero-order valence-electron chi connectivity index (χ0n) is 16.1. The van der Waals surface area contributed by atoms with Gasteiger partial charge < -0.3 is 20.4 Å². The first-order valence-electron chi connectivity index (χ1n) is 9.55. The average Bonchev–Trinajstić information content (AvgIpc) is 2.99. The highest BCUT2D eigenvalue weighted by atomic mass is 35.5. The molecule has 1 aliphatic rings. The van der Waals surface area contributed by atoms with Crippen LogP contribution in [0.25, 0.3) is 5.76 Å². The van der Waals surface area contributed by atoms with Crippen LogP contribution in [-0.4, -0.2) is 53.0 Å². The molecule has 0 aliphatic carbocycles. The van der Waals surface area contributed by atoms with Gasteiger partial charge in [-0.25, -0.2) is 0 Å². The summed E-state index contributed by atoms with van der Waals surface area (Å²) in [4.78, 5) is 27.1. The largest absolute Gasteiger partial charge is 0.507 e. The molecule has 6 nitrogen and oxygen atoms in total. The van der Waals surface area contributed by atoms with Crippen molar-refractivity contribution in [2.24, 2.45) is 0 Å². The van der Waals surface area contributed by atoms with Crippen molar-refractivity contribution < 1.29 is 19.8 Å². The van der Waals surface area contributed by atoms with Gasteiger partial charge in [-0.1, -0.05) is 35.3 Å². The van der Waals surface area contributed by atoms with Gasteiger partial charge in [-0.3, -0.25) is 9.59 Å². The highest BCUT2D eigenvalue weighted by Crippen LogP contribution is 2.39. The maximum absolute atomic E-state index is 12.9. The molecular weight excluding hydrogens is 427 g/mol. The fraction of sp³-hybridized carbons (Fsp3) is 0.273. The van der Waals surface area contributed by atoms with Crippen LogP contribution < -0.4 is 5.32 Å². The van der Waals surface area contributed by atoms with E-state index in [0.717, 1.165) is 0 Å². The van der Waals surface area contributed by atoms with Crippen LogP contribution >= 0.6 is 23.2 Å². The van der Waals surface area contributed by atoms with E-state index in [0.29, 0.717) is 47.2 Å². The Kier molecular flexibility index (Phi) is 7.50. The lowest BCUT2D eigenvalue weighted by Gasteiger charge is -2.25. The number of halogens is 2. The molecule has 1 atom stereocenters. The summed E-state index contributed by atoms with van der Waals surface area (Å²) in [6.45, 7) is 1.37. The van der Waals surface area contributed by atoms with Gasteiger partial charge in [0.25, 0.3) is 11.7 Å². The quantitative estimate of drug-likeness (QED) is 0.249. The maximum Gasteiger partial charge on any atom is 0.295 e. The van der Waals surface area contributed by atoms with E-state index in [1.54, 1.807) is 48.5 Å². The molecule has 30 heavy (non-hydrogen) atoms. The summed E-state index contributed by atoms with van der Waals surface area (Å²) in [5.74, 6) is -1.63. The second-order valence-electron chi connectivity index (χ2n) is 6.88. The molecular formula is C22H22Cl2N2O4. The lowest BCUT2D eigenvalue weighted by Crippen LogP contribution is -2.32. The van der Waals surface area contributed by atoms with Crippen LogP contribution in [0.15, 0.2) is 54.1 Å². The third-order valence-electron chi connectivity index (χ3n) is 4.88. The number of aliphatic hydroxyl groups is 2. The Hall–Kier alpha value is -2.38. The third-order valence-corrected chi connectivity index (χ3v) is 5.39. The van der Waals surface area contributed by atoms with Gasteiger partial charge in [0, 0.05) is 28.7 Å². The highest BCUT2D eigenvalue weighted by Gasteiger charge is 2.45. The van der Waals surface area contributed by atoms with Gasteiger partial charge >= 0.3 is 0 Å². The Morgan fingerprint density at radius 3 is 2.17 bits per heavy atom. The zero-order valence-corrected chi connectivity index (χ0v) is 17.7. The van der Waals surface area contributed by atoms with Gasteiger partial charge in [-0.2, -0.15) is 0 Å². The minimum absolute atomic E-state index is 0.0242. The fourth-order valence-corrected chi connectivity index (χ4v) is 3.70. The van der Waals surface area contributed by atoms with Gasteiger partial charge in [0.2, 0.25) is 0 Å². The minimum atomic E-state index is -0.731. The highest BCUT2D eigenvalue weighted by molar-refractivity contribution is 6.46. The Balaban J connectivity index is 1.99. The summed E-state index contributed by atoms with van der Waals surface area (Å²) in [5.41, 5.74) is 1.12. The average molecular weight is 449 g/mol. The molecule has 0 spiro atoms. The SMILES string of the molecule is O=C1C(=O)N(CCCNCCO)C(c2ccc(Cl)cc2)/C1=C(/O)c1ccc(Cl)cc1. The molecule has 0 aromatic heterocycles. The van der Waals surface area contributed by atoms with E-state index in [4.69, 9.17) is 28.3 Å². The van der Waals surface area contributed by atoms with Crippen molar-refractivity contribution in [1.29, 1.82) is 0 Å². The van der Waals surface area contributed by atoms with Gasteiger partial charge in [0.15, 0.2) is 0 Å². The number of likely N-dealkylation sites (tertiary alicyclic amines) is 1. The summed E-state index contributed by atoms with van der Waals surface area (Å²) in [6.07, 6.45) is 0.581. The standard InChI is InChI=1S/C22H22Cl2N2O4/c23-16-6-2-14(3-7-16)19-18(20(28)15-4-8-17(24)9-5-15)21(29)22(30)26(19)12-1-10-25-11-13-27/h2-9,19,25,27-28H,1,10-13H2/b20-18-. The van der Waals surface area contributed by atoms with Crippen molar-refractivity contribution >= 4 is 40.7 Å². The molecule has 1 amide bonds. The van der Waals surface area contributed by atoms with Crippen LogP contribution in [0.5, 0.6) is 0 Å². The van der Waals surface area contributed by atoms with Crippen molar-refractivity contribution in [2.75, 3.05) is 26.2 Å². The van der Waals surface area contributed by atoms with Crippen molar-refractivity contribution in [2.45, 2.75) is 12.5 Å². The Morgan fingerprint density at radius 1 is 0.967 bits per heavy atom. The molecule has 0 radical (unpaired) electrons. The monoisotopic (exact) mass is 448 g/mol. The van der Waals surface area contributed by atoms with Crippen molar-refractivity contribution in [3.8, 4) is 0 Å². The van der Waals surface area contributed by atoms with Crippen LogP contribution in [0.4, 0.5) is 0 Å². The van der Waals surface area contributed by atoms with Gasteiger partial charge in [-0.05, 0) is 54.9 Å². The molecule has 158 valence electrons. The fourth-order valence-electron chi connectivity index (χ4n) is 3.44. The molecule has 1 aliphatic heterocycles. The minimum Gasteiger partial charge on any atom is -0.507 e. The summed E-state index contributed by atoms with van der Waals surface area (Å²) < 4.78 is 0. The van der Waals surface area contributed by atoms with Crippen LogP contribution in [0.1, 0.15) is 23.6 Å². The number of hydrogen-bond donors (Lipinski definition) is 3. The number of carbonyl (C=O) groups is 2. The molecule has 0 bridgehead atoms. The predicted octanol–water partition coefficient (Wildman–Crippen LogP) is 3.39. The van der Waals surface area contributed by atoms with E-state index in [1.807, 2.05) is 0 Å². The third kappa shape index (κ3) is 4.84. The summed E-state index contributed by atoms with van der Waals surface area (Å²) in [5, 5.41) is 23.9. The number of benzene rings is 2. The van der Waals surface area contributed by atoms with Gasteiger partial charge in [-0.15, -0.1) is 0 Å². The van der Waals surface area contributed by atoms with Crippen LogP contribution in [0.2, 0.25) is 10.0 Å². The number of nitrogens with zero attached hydrogens (tertiary/aromatic N) is 1. The lowest BCUT2D eigenvalue weighted by molar-refractivity contribution is -0.139. The Bertz CT molecular complexity index is 943. The van der Waals surface area contributed by atoms with Crippen LogP contribution in [0.3, 0.4) is 0 Å². The number of rotatable bonds is 8. The van der Waals surface area contributed by atoms with Gasteiger partial charge in [0.05, 0.1) is 18.2 Å². The number of ketones is 1. The van der Waals surface area contributed by atoms with Gasteiger partial charge in [0.1, 0.15) is 5.76 Å². The molecule has 0 saturated carbocycles. The molecule has 2 aromatic rings. The second-order valence-corrected chi connectivity index (χ2v) is 7.75. The topological polar surface area (TPSA) is 89.9 Å². The van der Waals surface area contributed by atoms with E-state index in [2.05, 4.69) is 5.32 Å². The van der Waals surface area contributed by atoms with E-state index < -0.39 is 17.7 Å². The summed E-state index contributed by atoms with van der Waals surface area (Å²) in [6, 6.07) is 12.5. The number of amides is 1. The Morgan fingerprint density at radius 2 is 1.57 bits per heavy atom. The Labute approximate surface area is 184 Å². The summed E-state index contributed by atoms with van der Waals surface area (Å²) in [7, 11) is 0. The van der Waals surface area contributed by atoms with Crippen molar-refractivity contribution in [3.05, 3.63) is 75.3 Å². The van der Waals surface area contributed by atoms with E-state index in [1.165, 1.54) is 4.90 Å². The first kappa shape index (κ1) is 22.3. The number of nitrogens with one attached hydrogen (secondary N) is 1. The lowest BCUT2D eigenvalue weighted by atomic mass is 9.95. The molecule has 8 heteroatoms. The summed E-state index contributed by atoms with van der Waals surface area (Å²) >= 11 is 11.9. The molecule has 1 saturated heterocycles. The second kappa shape index (κ2) is 10.1. The molecule has 1 unspecified atom stereocenters. The predicted molar refractivity (Wildman–Crippen MR) is 116 cm³/mol. The molecule has 3 rings (SSSR count). The molecule has 2 aromatic carbocycles. The number of Topliss-reactive ketones (excluding diaryl/α,β-unsaturated/α-hetero) is 1. The number of aliphatic hydroxyl groups excluding tert-OH is 2. The maximum atomic E-state index is 12.9. The number of hydrogen-bond acceptors (Lipinski definition) is 5. The van der Waals surface area contributed by atoms with E-state index >= 15 is 0 Å². The normalized spacial score (nSPS) is 18.2. The van der Waals surface area contributed by atoms with E-state index in [9.17, 15) is 14.7 Å². The first-order chi connectivity index (χ1) is 14.4. The van der Waals surface area contributed by atoms with Crippen LogP contribution in [-0.2, 0) is 9.59 Å². The smallest absolute Gasteiger partial charge is 0.295 e. The van der Waals surface area contributed by atoms with Crippen LogP contribution in [0, 0.1) is 0 Å². The van der Waals surface area contributed by atoms with Crippen molar-refractivity contribution in [1.82, 2.24) is 10.2 Å². The number of carbonyl (C=O) groups excluding carboxylic acids is 2.